The van der Waals surface area contributed by atoms with E-state index in [1.165, 1.54) is 12.8 Å². The predicted octanol–water partition coefficient (Wildman–Crippen LogP) is 1.79. The van der Waals surface area contributed by atoms with Crippen LogP contribution in [0.1, 0.15) is 19.3 Å². The van der Waals surface area contributed by atoms with Crippen LogP contribution in [0.15, 0.2) is 12.2 Å². The summed E-state index contributed by atoms with van der Waals surface area (Å²) in [6.45, 7) is 0. The number of hydrogen-bond acceptors (Lipinski definition) is 1. The number of hydrogen-bond donors (Lipinski definition) is 0. The molecule has 54 valence electrons. The standard InChI is InChI=1S/C9H12O/c10-6-9-5-7-1-3-8(9)4-2-7/h1,3,6-9H,2,4-5H2/t7-,8+,9+/m0/s1. The first-order valence-electron chi connectivity index (χ1n) is 4.04. The van der Waals surface area contributed by atoms with Gasteiger partial charge in [-0.05, 0) is 31.1 Å². The minimum Gasteiger partial charge on any atom is -0.303 e. The molecule has 1 nitrogen and oxygen atoms in total. The molecule has 3 aliphatic carbocycles. The molecule has 1 heteroatoms. The lowest BCUT2D eigenvalue weighted by Gasteiger charge is -2.34. The van der Waals surface area contributed by atoms with Crippen LogP contribution in [-0.2, 0) is 4.79 Å². The predicted molar refractivity (Wildman–Crippen MR) is 39.5 cm³/mol. The molecule has 0 radical (unpaired) electrons. The highest BCUT2D eigenvalue weighted by Crippen LogP contribution is 2.38. The Kier molecular flexibility index (Phi) is 1.37. The highest BCUT2D eigenvalue weighted by atomic mass is 16.1. The maximum absolute atomic E-state index is 10.5. The van der Waals surface area contributed by atoms with Crippen LogP contribution in [0.25, 0.3) is 0 Å². The fraction of sp³-hybridized carbons (Fsp3) is 0.667. The van der Waals surface area contributed by atoms with E-state index < -0.39 is 0 Å². The van der Waals surface area contributed by atoms with E-state index in [9.17, 15) is 4.79 Å². The summed E-state index contributed by atoms with van der Waals surface area (Å²) < 4.78 is 0. The van der Waals surface area contributed by atoms with Crippen molar-refractivity contribution in [1.82, 2.24) is 0 Å². The Labute approximate surface area is 61.1 Å². The summed E-state index contributed by atoms with van der Waals surface area (Å²) in [5, 5.41) is 0. The van der Waals surface area contributed by atoms with Crippen LogP contribution >= 0.6 is 0 Å². The van der Waals surface area contributed by atoms with Gasteiger partial charge in [0.25, 0.3) is 0 Å². The minimum absolute atomic E-state index is 0.351. The summed E-state index contributed by atoms with van der Waals surface area (Å²) in [4.78, 5) is 10.5. The number of allylic oxidation sites excluding steroid dienone is 2. The Hall–Kier alpha value is -0.590. The molecule has 1 saturated carbocycles. The van der Waals surface area contributed by atoms with Crippen molar-refractivity contribution < 1.29 is 4.79 Å². The Morgan fingerprint density at radius 3 is 2.50 bits per heavy atom. The molecule has 0 aromatic carbocycles. The molecule has 3 rings (SSSR count). The van der Waals surface area contributed by atoms with Crippen molar-refractivity contribution in [2.45, 2.75) is 19.3 Å². The monoisotopic (exact) mass is 136 g/mol. The summed E-state index contributed by atoms with van der Waals surface area (Å²) >= 11 is 0. The molecule has 3 aliphatic rings. The molecular formula is C9H12O. The lowest BCUT2D eigenvalue weighted by atomic mass is 9.70. The second-order valence-corrected chi connectivity index (χ2v) is 3.42. The first kappa shape index (κ1) is 6.14. The van der Waals surface area contributed by atoms with E-state index in [4.69, 9.17) is 0 Å². The van der Waals surface area contributed by atoms with Gasteiger partial charge in [-0.25, -0.2) is 0 Å². The van der Waals surface area contributed by atoms with Crippen LogP contribution < -0.4 is 0 Å². The Morgan fingerprint density at radius 1 is 1.30 bits per heavy atom. The van der Waals surface area contributed by atoms with Crippen molar-refractivity contribution in [3.63, 3.8) is 0 Å². The summed E-state index contributed by atoms with van der Waals surface area (Å²) in [5.41, 5.74) is 0. The molecule has 0 unspecified atom stereocenters. The van der Waals surface area contributed by atoms with E-state index in [1.54, 1.807) is 0 Å². The number of carbonyl (C=O) groups is 1. The first-order chi connectivity index (χ1) is 4.90. The number of rotatable bonds is 1. The smallest absolute Gasteiger partial charge is 0.123 e. The SMILES string of the molecule is O=C[C@H]1C[C@H]2C=C[C@@H]1CC2. The second-order valence-electron chi connectivity index (χ2n) is 3.42. The van der Waals surface area contributed by atoms with E-state index in [-0.39, 0.29) is 0 Å². The van der Waals surface area contributed by atoms with Gasteiger partial charge in [0.2, 0.25) is 0 Å². The molecule has 3 atom stereocenters. The van der Waals surface area contributed by atoms with E-state index in [1.807, 2.05) is 0 Å². The van der Waals surface area contributed by atoms with Crippen LogP contribution in [-0.4, -0.2) is 6.29 Å². The zero-order chi connectivity index (χ0) is 6.97. The van der Waals surface area contributed by atoms with Gasteiger partial charge >= 0.3 is 0 Å². The van der Waals surface area contributed by atoms with E-state index in [0.29, 0.717) is 11.8 Å². The normalized spacial score (nSPS) is 43.8. The van der Waals surface area contributed by atoms with E-state index in [0.717, 1.165) is 18.6 Å². The molecule has 0 N–H and O–H groups in total. The summed E-state index contributed by atoms with van der Waals surface area (Å²) in [7, 11) is 0. The third kappa shape index (κ3) is 0.808. The highest BCUT2D eigenvalue weighted by molar-refractivity contribution is 5.55. The fourth-order valence-electron chi connectivity index (χ4n) is 2.13. The van der Waals surface area contributed by atoms with Gasteiger partial charge in [-0.2, -0.15) is 0 Å². The summed E-state index contributed by atoms with van der Waals surface area (Å²) in [5.74, 6) is 1.66. The van der Waals surface area contributed by atoms with Crippen molar-refractivity contribution in [3.05, 3.63) is 12.2 Å². The number of fused-ring (bicyclic) bond motifs is 2. The molecule has 0 aromatic heterocycles. The van der Waals surface area contributed by atoms with Crippen molar-refractivity contribution in [2.75, 3.05) is 0 Å². The van der Waals surface area contributed by atoms with Crippen molar-refractivity contribution in [2.24, 2.45) is 17.8 Å². The lowest BCUT2D eigenvalue weighted by molar-refractivity contribution is -0.113. The van der Waals surface area contributed by atoms with Crippen LogP contribution in [0.5, 0.6) is 0 Å². The molecule has 2 bridgehead atoms. The van der Waals surface area contributed by atoms with Crippen molar-refractivity contribution >= 4 is 6.29 Å². The van der Waals surface area contributed by atoms with Gasteiger partial charge in [0.1, 0.15) is 6.29 Å². The lowest BCUT2D eigenvalue weighted by Crippen LogP contribution is -2.27. The van der Waals surface area contributed by atoms with Crippen molar-refractivity contribution in [1.29, 1.82) is 0 Å². The molecule has 0 aromatic rings. The largest absolute Gasteiger partial charge is 0.303 e. The quantitative estimate of drug-likeness (QED) is 0.396. The molecule has 0 heterocycles. The first-order valence-corrected chi connectivity index (χ1v) is 4.04. The Morgan fingerprint density at radius 2 is 2.20 bits per heavy atom. The second kappa shape index (κ2) is 2.22. The maximum Gasteiger partial charge on any atom is 0.123 e. The van der Waals surface area contributed by atoms with Crippen LogP contribution in [0.4, 0.5) is 0 Å². The molecule has 0 saturated heterocycles. The van der Waals surface area contributed by atoms with Gasteiger partial charge in [0.15, 0.2) is 0 Å². The average molecular weight is 136 g/mol. The Balaban J connectivity index is 2.18. The van der Waals surface area contributed by atoms with E-state index in [2.05, 4.69) is 12.2 Å². The number of aldehydes is 1. The summed E-state index contributed by atoms with van der Waals surface area (Å²) in [6, 6.07) is 0. The molecular weight excluding hydrogens is 124 g/mol. The van der Waals surface area contributed by atoms with E-state index >= 15 is 0 Å². The third-order valence-corrected chi connectivity index (χ3v) is 2.80. The van der Waals surface area contributed by atoms with Gasteiger partial charge in [0.05, 0.1) is 0 Å². The van der Waals surface area contributed by atoms with Gasteiger partial charge in [-0.1, -0.05) is 12.2 Å². The van der Waals surface area contributed by atoms with Gasteiger partial charge in [-0.3, -0.25) is 0 Å². The van der Waals surface area contributed by atoms with Crippen LogP contribution in [0.2, 0.25) is 0 Å². The highest BCUT2D eigenvalue weighted by Gasteiger charge is 2.30. The van der Waals surface area contributed by atoms with Crippen molar-refractivity contribution in [3.8, 4) is 0 Å². The van der Waals surface area contributed by atoms with Crippen LogP contribution in [0, 0.1) is 17.8 Å². The topological polar surface area (TPSA) is 17.1 Å². The minimum atomic E-state index is 0.351. The van der Waals surface area contributed by atoms with Gasteiger partial charge in [0, 0.05) is 5.92 Å². The maximum atomic E-state index is 10.5. The molecule has 0 spiro atoms. The average Bonchev–Trinajstić information content (AvgIpc) is 2.06. The zero-order valence-electron chi connectivity index (χ0n) is 5.99. The molecule has 1 fully saturated rings. The van der Waals surface area contributed by atoms with Crippen LogP contribution in [0.3, 0.4) is 0 Å². The molecule has 0 aliphatic heterocycles. The number of carbonyl (C=O) groups excluding carboxylic acids is 1. The zero-order valence-corrected chi connectivity index (χ0v) is 5.99. The molecule has 10 heavy (non-hydrogen) atoms. The Bertz CT molecular complexity index is 172. The fourth-order valence-corrected chi connectivity index (χ4v) is 2.13. The summed E-state index contributed by atoms with van der Waals surface area (Å²) in [6.07, 6.45) is 9.33. The van der Waals surface area contributed by atoms with Gasteiger partial charge < -0.3 is 4.79 Å². The third-order valence-electron chi connectivity index (χ3n) is 2.80. The molecule has 0 amide bonds. The van der Waals surface area contributed by atoms with Gasteiger partial charge in [-0.15, -0.1) is 0 Å².